The average molecular weight is 244 g/mol. The number of hydrazine groups is 1. The molecule has 1 aromatic carbocycles. The summed E-state index contributed by atoms with van der Waals surface area (Å²) < 4.78 is 1.95. The van der Waals surface area contributed by atoms with Crippen LogP contribution in [0, 0.1) is 5.92 Å². The first-order valence-corrected chi connectivity index (χ1v) is 5.79. The minimum absolute atomic E-state index is 0.178. The Kier molecular flexibility index (Phi) is 3.74. The number of carbonyl (C=O) groups excluding carboxylic acids is 1. The van der Waals surface area contributed by atoms with E-state index in [4.69, 9.17) is 5.84 Å². The number of nitrogens with one attached hydrogen (secondary N) is 1. The summed E-state index contributed by atoms with van der Waals surface area (Å²) in [4.78, 5) is 15.7. The lowest BCUT2D eigenvalue weighted by molar-refractivity contribution is -0.124. The Morgan fingerprint density at radius 2 is 2.17 bits per heavy atom. The van der Waals surface area contributed by atoms with Crippen LogP contribution in [0.25, 0.3) is 11.4 Å². The van der Waals surface area contributed by atoms with Gasteiger partial charge in [-0.1, -0.05) is 37.3 Å². The highest BCUT2D eigenvalue weighted by Crippen LogP contribution is 2.17. The van der Waals surface area contributed by atoms with Crippen LogP contribution >= 0.6 is 0 Å². The van der Waals surface area contributed by atoms with Crippen LogP contribution in [0.3, 0.4) is 0 Å². The quantitative estimate of drug-likeness (QED) is 0.482. The largest absolute Gasteiger partial charge is 0.330 e. The molecule has 0 bridgehead atoms. The summed E-state index contributed by atoms with van der Waals surface area (Å²) in [5.74, 6) is 5.60. The lowest BCUT2D eigenvalue weighted by Gasteiger charge is -2.13. The van der Waals surface area contributed by atoms with E-state index >= 15 is 0 Å². The molecule has 0 aliphatic rings. The number of benzene rings is 1. The van der Waals surface area contributed by atoms with Crippen LogP contribution in [-0.4, -0.2) is 15.5 Å². The van der Waals surface area contributed by atoms with Crippen molar-refractivity contribution in [3.63, 3.8) is 0 Å². The molecule has 94 valence electrons. The van der Waals surface area contributed by atoms with E-state index in [9.17, 15) is 4.79 Å². The van der Waals surface area contributed by atoms with Crippen molar-refractivity contribution < 1.29 is 4.79 Å². The molecule has 2 aromatic rings. The number of hydrogen-bond acceptors (Lipinski definition) is 3. The fraction of sp³-hybridized carbons (Fsp3) is 0.231. The van der Waals surface area contributed by atoms with E-state index < -0.39 is 0 Å². The topological polar surface area (TPSA) is 72.9 Å². The Hall–Kier alpha value is -2.14. The van der Waals surface area contributed by atoms with Crippen LogP contribution in [0.5, 0.6) is 0 Å². The molecule has 0 aliphatic heterocycles. The van der Waals surface area contributed by atoms with Crippen molar-refractivity contribution in [2.45, 2.75) is 13.5 Å². The van der Waals surface area contributed by atoms with Crippen LogP contribution in [0.2, 0.25) is 0 Å². The maximum Gasteiger partial charge on any atom is 0.238 e. The standard InChI is InChI=1S/C13H16N4O/c1-10(13(18)16-14)9-17-8-7-15-12(17)11-5-3-2-4-6-11/h2-8,10H,9,14H2,1H3,(H,16,18). The second-order valence-corrected chi connectivity index (χ2v) is 4.18. The first-order valence-electron chi connectivity index (χ1n) is 5.79. The van der Waals surface area contributed by atoms with Crippen LogP contribution in [0.4, 0.5) is 0 Å². The van der Waals surface area contributed by atoms with Crippen LogP contribution in [-0.2, 0) is 11.3 Å². The van der Waals surface area contributed by atoms with Gasteiger partial charge in [-0.15, -0.1) is 0 Å². The Morgan fingerprint density at radius 1 is 1.44 bits per heavy atom. The van der Waals surface area contributed by atoms with Crippen molar-refractivity contribution in [3.8, 4) is 11.4 Å². The zero-order valence-corrected chi connectivity index (χ0v) is 10.2. The fourth-order valence-electron chi connectivity index (χ4n) is 1.82. The number of amides is 1. The molecule has 1 atom stereocenters. The lowest BCUT2D eigenvalue weighted by atomic mass is 10.1. The van der Waals surface area contributed by atoms with Crippen molar-refractivity contribution in [1.29, 1.82) is 0 Å². The van der Waals surface area contributed by atoms with E-state index in [1.54, 1.807) is 6.20 Å². The summed E-state index contributed by atoms with van der Waals surface area (Å²) in [5.41, 5.74) is 3.19. The molecule has 0 fully saturated rings. The highest BCUT2D eigenvalue weighted by molar-refractivity contribution is 5.77. The molecule has 5 heteroatoms. The molecular weight excluding hydrogens is 228 g/mol. The lowest BCUT2D eigenvalue weighted by Crippen LogP contribution is -2.36. The van der Waals surface area contributed by atoms with Crippen LogP contribution in [0.15, 0.2) is 42.7 Å². The molecule has 1 unspecified atom stereocenters. The zero-order chi connectivity index (χ0) is 13.0. The number of aromatic nitrogens is 2. The third kappa shape index (κ3) is 2.57. The van der Waals surface area contributed by atoms with Crippen molar-refractivity contribution in [2.24, 2.45) is 11.8 Å². The fourth-order valence-corrected chi connectivity index (χ4v) is 1.82. The molecule has 18 heavy (non-hydrogen) atoms. The molecule has 1 heterocycles. The number of hydrogen-bond donors (Lipinski definition) is 2. The predicted octanol–water partition coefficient (Wildman–Crippen LogP) is 1.18. The van der Waals surface area contributed by atoms with Crippen LogP contribution < -0.4 is 11.3 Å². The smallest absolute Gasteiger partial charge is 0.238 e. The number of rotatable bonds is 4. The van der Waals surface area contributed by atoms with Gasteiger partial charge in [0.2, 0.25) is 5.91 Å². The van der Waals surface area contributed by atoms with Gasteiger partial charge in [0.05, 0.1) is 5.92 Å². The van der Waals surface area contributed by atoms with E-state index in [0.717, 1.165) is 11.4 Å². The van der Waals surface area contributed by atoms with Gasteiger partial charge in [-0.25, -0.2) is 10.8 Å². The molecule has 1 aromatic heterocycles. The summed E-state index contributed by atoms with van der Waals surface area (Å²) in [6.45, 7) is 2.38. The van der Waals surface area contributed by atoms with E-state index in [-0.39, 0.29) is 11.8 Å². The van der Waals surface area contributed by atoms with Gasteiger partial charge < -0.3 is 4.57 Å². The van der Waals surface area contributed by atoms with E-state index in [2.05, 4.69) is 10.4 Å². The molecule has 0 spiro atoms. The van der Waals surface area contributed by atoms with E-state index in [0.29, 0.717) is 6.54 Å². The van der Waals surface area contributed by atoms with Crippen molar-refractivity contribution in [2.75, 3.05) is 0 Å². The molecule has 5 nitrogen and oxygen atoms in total. The molecule has 0 saturated heterocycles. The summed E-state index contributed by atoms with van der Waals surface area (Å²) >= 11 is 0. The summed E-state index contributed by atoms with van der Waals surface area (Å²) in [7, 11) is 0. The highest BCUT2D eigenvalue weighted by Gasteiger charge is 2.14. The van der Waals surface area contributed by atoms with Gasteiger partial charge in [0.25, 0.3) is 0 Å². The Morgan fingerprint density at radius 3 is 2.83 bits per heavy atom. The second-order valence-electron chi connectivity index (χ2n) is 4.18. The first kappa shape index (κ1) is 12.3. The molecular formula is C13H16N4O. The van der Waals surface area contributed by atoms with Crippen molar-refractivity contribution >= 4 is 5.91 Å². The second kappa shape index (κ2) is 5.46. The van der Waals surface area contributed by atoms with Crippen molar-refractivity contribution in [3.05, 3.63) is 42.7 Å². The van der Waals surface area contributed by atoms with E-state index in [1.807, 2.05) is 48.0 Å². The van der Waals surface area contributed by atoms with Crippen molar-refractivity contribution in [1.82, 2.24) is 15.0 Å². The Labute approximate surface area is 106 Å². The summed E-state index contributed by atoms with van der Waals surface area (Å²) in [6.07, 6.45) is 3.60. The van der Waals surface area contributed by atoms with Gasteiger partial charge >= 0.3 is 0 Å². The van der Waals surface area contributed by atoms with Gasteiger partial charge in [0.1, 0.15) is 5.82 Å². The Balaban J connectivity index is 2.21. The number of imidazole rings is 1. The maximum atomic E-state index is 11.4. The van der Waals surface area contributed by atoms with Gasteiger partial charge in [-0.3, -0.25) is 10.2 Å². The normalized spacial score (nSPS) is 12.1. The molecule has 0 saturated carbocycles. The van der Waals surface area contributed by atoms with E-state index in [1.165, 1.54) is 0 Å². The Bertz CT molecular complexity index is 521. The molecule has 3 N–H and O–H groups in total. The molecule has 0 radical (unpaired) electrons. The highest BCUT2D eigenvalue weighted by atomic mass is 16.2. The van der Waals surface area contributed by atoms with Gasteiger partial charge in [0, 0.05) is 24.5 Å². The summed E-state index contributed by atoms with van der Waals surface area (Å²) in [6, 6.07) is 9.87. The molecule has 0 aliphatic carbocycles. The minimum atomic E-state index is -0.202. The molecule has 2 rings (SSSR count). The monoisotopic (exact) mass is 244 g/mol. The van der Waals surface area contributed by atoms with Crippen LogP contribution in [0.1, 0.15) is 6.92 Å². The van der Waals surface area contributed by atoms with Gasteiger partial charge in [-0.2, -0.15) is 0 Å². The summed E-state index contributed by atoms with van der Waals surface area (Å²) in [5, 5.41) is 0. The maximum absolute atomic E-state index is 11.4. The van der Waals surface area contributed by atoms with Gasteiger partial charge in [0.15, 0.2) is 0 Å². The third-order valence-corrected chi connectivity index (χ3v) is 2.81. The van der Waals surface area contributed by atoms with Gasteiger partial charge in [-0.05, 0) is 0 Å². The number of carbonyl (C=O) groups is 1. The zero-order valence-electron chi connectivity index (χ0n) is 10.2. The SMILES string of the molecule is CC(Cn1ccnc1-c1ccccc1)C(=O)NN. The number of nitrogens with zero attached hydrogens (tertiary/aromatic N) is 2. The third-order valence-electron chi connectivity index (χ3n) is 2.81. The number of nitrogens with two attached hydrogens (primary N) is 1. The first-order chi connectivity index (χ1) is 8.72. The minimum Gasteiger partial charge on any atom is -0.330 e. The molecule has 1 amide bonds. The predicted molar refractivity (Wildman–Crippen MR) is 69.2 cm³/mol. The average Bonchev–Trinajstić information content (AvgIpc) is 2.86.